The molecular formula is C20H23N5O2S. The summed E-state index contributed by atoms with van der Waals surface area (Å²) in [4.78, 5) is 34.3. The van der Waals surface area contributed by atoms with Crippen molar-refractivity contribution in [1.29, 1.82) is 0 Å². The zero-order valence-corrected chi connectivity index (χ0v) is 16.8. The first-order valence-electron chi connectivity index (χ1n) is 9.37. The second-order valence-corrected chi connectivity index (χ2v) is 7.93. The smallest absolute Gasteiger partial charge is 0.255 e. The summed E-state index contributed by atoms with van der Waals surface area (Å²) in [6.45, 7) is 3.99. The SMILES string of the molecule is CCc1nc2ccc(C(=O)N3CCNC(=O)C3)cn2c1N(C)Cc1cccs1. The van der Waals surface area contributed by atoms with Crippen molar-refractivity contribution in [3.8, 4) is 0 Å². The molecule has 28 heavy (non-hydrogen) atoms. The van der Waals surface area contributed by atoms with Crippen molar-refractivity contribution in [3.05, 3.63) is 52.0 Å². The van der Waals surface area contributed by atoms with Gasteiger partial charge in [0.25, 0.3) is 5.91 Å². The number of aryl methyl sites for hydroxylation is 1. The molecule has 146 valence electrons. The zero-order valence-electron chi connectivity index (χ0n) is 16.0. The molecule has 7 nitrogen and oxygen atoms in total. The summed E-state index contributed by atoms with van der Waals surface area (Å²) in [7, 11) is 2.05. The molecule has 1 saturated heterocycles. The monoisotopic (exact) mass is 397 g/mol. The molecule has 3 aromatic heterocycles. The summed E-state index contributed by atoms with van der Waals surface area (Å²) in [5.41, 5.74) is 2.38. The molecule has 1 fully saturated rings. The van der Waals surface area contributed by atoms with Crippen LogP contribution in [0.25, 0.3) is 5.65 Å². The van der Waals surface area contributed by atoms with Gasteiger partial charge in [-0.05, 0) is 30.0 Å². The van der Waals surface area contributed by atoms with Crippen LogP contribution in [-0.4, -0.2) is 52.8 Å². The lowest BCUT2D eigenvalue weighted by Gasteiger charge is -2.26. The van der Waals surface area contributed by atoms with E-state index >= 15 is 0 Å². The van der Waals surface area contributed by atoms with Crippen LogP contribution in [0, 0.1) is 0 Å². The summed E-state index contributed by atoms with van der Waals surface area (Å²) in [5.74, 6) is 0.750. The van der Waals surface area contributed by atoms with Crippen LogP contribution in [0.2, 0.25) is 0 Å². The van der Waals surface area contributed by atoms with Gasteiger partial charge < -0.3 is 15.1 Å². The van der Waals surface area contributed by atoms with Gasteiger partial charge in [-0.1, -0.05) is 13.0 Å². The molecule has 0 spiro atoms. The number of nitrogens with zero attached hydrogens (tertiary/aromatic N) is 4. The van der Waals surface area contributed by atoms with Gasteiger partial charge in [0.05, 0.1) is 24.3 Å². The number of carbonyl (C=O) groups is 2. The first kappa shape index (κ1) is 18.5. The Kier molecular flexibility index (Phi) is 5.04. The quantitative estimate of drug-likeness (QED) is 0.716. The molecule has 3 aromatic rings. The predicted octanol–water partition coefficient (Wildman–Crippen LogP) is 2.17. The average Bonchev–Trinajstić information content (AvgIpc) is 3.33. The summed E-state index contributed by atoms with van der Waals surface area (Å²) in [6.07, 6.45) is 2.65. The number of hydrogen-bond donors (Lipinski definition) is 1. The summed E-state index contributed by atoms with van der Waals surface area (Å²) in [5, 5.41) is 4.82. The molecule has 0 aromatic carbocycles. The van der Waals surface area contributed by atoms with Gasteiger partial charge in [0.2, 0.25) is 5.91 Å². The van der Waals surface area contributed by atoms with E-state index in [0.29, 0.717) is 18.7 Å². The van der Waals surface area contributed by atoms with E-state index in [2.05, 4.69) is 34.7 Å². The lowest BCUT2D eigenvalue weighted by atomic mass is 10.2. The third-order valence-corrected chi connectivity index (χ3v) is 5.77. The first-order chi connectivity index (χ1) is 13.6. The van der Waals surface area contributed by atoms with Crippen LogP contribution in [0.5, 0.6) is 0 Å². The van der Waals surface area contributed by atoms with Crippen molar-refractivity contribution in [1.82, 2.24) is 19.6 Å². The Balaban J connectivity index is 1.69. The minimum Gasteiger partial charge on any atom is -0.354 e. The second-order valence-electron chi connectivity index (χ2n) is 6.89. The molecule has 1 aliphatic rings. The predicted molar refractivity (Wildman–Crippen MR) is 110 cm³/mol. The Hall–Kier alpha value is -2.87. The Morgan fingerprint density at radius 2 is 2.21 bits per heavy atom. The number of thiophene rings is 1. The second kappa shape index (κ2) is 7.63. The van der Waals surface area contributed by atoms with Crippen LogP contribution < -0.4 is 10.2 Å². The molecule has 4 heterocycles. The normalized spacial score (nSPS) is 14.4. The fourth-order valence-electron chi connectivity index (χ4n) is 3.55. The number of imidazole rings is 1. The number of anilines is 1. The molecule has 0 unspecified atom stereocenters. The Labute approximate surface area is 167 Å². The topological polar surface area (TPSA) is 70.0 Å². The van der Waals surface area contributed by atoms with E-state index in [9.17, 15) is 9.59 Å². The number of carbonyl (C=O) groups excluding carboxylic acids is 2. The van der Waals surface area contributed by atoms with E-state index in [1.807, 2.05) is 23.7 Å². The first-order valence-corrected chi connectivity index (χ1v) is 10.2. The largest absolute Gasteiger partial charge is 0.354 e. The number of nitrogens with one attached hydrogen (secondary N) is 1. The highest BCUT2D eigenvalue weighted by Crippen LogP contribution is 2.25. The van der Waals surface area contributed by atoms with Gasteiger partial charge in [-0.2, -0.15) is 0 Å². The molecular weight excluding hydrogens is 374 g/mol. The number of fused-ring (bicyclic) bond motifs is 1. The molecule has 4 rings (SSSR count). The molecule has 1 aliphatic heterocycles. The standard InChI is InChI=1S/C20H23N5O2S/c1-3-16-19(23(2)12-15-5-4-10-28-15)25-11-14(6-7-17(25)22-16)20(27)24-9-8-21-18(26)13-24/h4-7,10-11H,3,8-9,12-13H2,1-2H3,(H,21,26). The Morgan fingerprint density at radius 1 is 1.36 bits per heavy atom. The molecule has 0 bridgehead atoms. The highest BCUT2D eigenvalue weighted by Gasteiger charge is 2.23. The maximum Gasteiger partial charge on any atom is 0.255 e. The van der Waals surface area contributed by atoms with Crippen molar-refractivity contribution < 1.29 is 9.59 Å². The molecule has 0 saturated carbocycles. The van der Waals surface area contributed by atoms with Crippen molar-refractivity contribution in [2.24, 2.45) is 0 Å². The number of piperazine rings is 1. The number of pyridine rings is 1. The number of amides is 2. The summed E-state index contributed by atoms with van der Waals surface area (Å²) >= 11 is 1.72. The van der Waals surface area contributed by atoms with Crippen LogP contribution in [0.3, 0.4) is 0 Å². The number of rotatable bonds is 5. The Bertz CT molecular complexity index is 1010. The van der Waals surface area contributed by atoms with Crippen LogP contribution in [0.4, 0.5) is 5.82 Å². The van der Waals surface area contributed by atoms with E-state index in [1.54, 1.807) is 22.3 Å². The lowest BCUT2D eigenvalue weighted by molar-refractivity contribution is -0.123. The number of hydrogen-bond acceptors (Lipinski definition) is 5. The third-order valence-electron chi connectivity index (χ3n) is 4.90. The van der Waals surface area contributed by atoms with Crippen LogP contribution in [0.15, 0.2) is 35.8 Å². The molecule has 1 N–H and O–H groups in total. The third kappa shape index (κ3) is 3.47. The van der Waals surface area contributed by atoms with Gasteiger partial charge in [-0.15, -0.1) is 11.3 Å². The van der Waals surface area contributed by atoms with E-state index in [4.69, 9.17) is 4.98 Å². The molecule has 0 atom stereocenters. The highest BCUT2D eigenvalue weighted by atomic mass is 32.1. The lowest BCUT2D eigenvalue weighted by Crippen LogP contribution is -2.50. The van der Waals surface area contributed by atoms with Crippen LogP contribution >= 0.6 is 11.3 Å². The van der Waals surface area contributed by atoms with Crippen LogP contribution in [0.1, 0.15) is 27.9 Å². The van der Waals surface area contributed by atoms with Gasteiger partial charge >= 0.3 is 0 Å². The van der Waals surface area contributed by atoms with E-state index in [1.165, 1.54) is 4.88 Å². The zero-order chi connectivity index (χ0) is 19.7. The molecule has 8 heteroatoms. The van der Waals surface area contributed by atoms with Gasteiger partial charge in [-0.25, -0.2) is 4.98 Å². The van der Waals surface area contributed by atoms with Crippen molar-refractivity contribution in [2.75, 3.05) is 31.6 Å². The molecule has 2 amide bonds. The van der Waals surface area contributed by atoms with E-state index < -0.39 is 0 Å². The van der Waals surface area contributed by atoms with Gasteiger partial charge in [0.15, 0.2) is 0 Å². The fourth-order valence-corrected chi connectivity index (χ4v) is 4.31. The highest BCUT2D eigenvalue weighted by molar-refractivity contribution is 7.09. The van der Waals surface area contributed by atoms with Gasteiger partial charge in [0.1, 0.15) is 11.5 Å². The summed E-state index contributed by atoms with van der Waals surface area (Å²) < 4.78 is 1.99. The van der Waals surface area contributed by atoms with Crippen molar-refractivity contribution in [3.63, 3.8) is 0 Å². The van der Waals surface area contributed by atoms with Crippen molar-refractivity contribution in [2.45, 2.75) is 19.9 Å². The molecule has 0 radical (unpaired) electrons. The Morgan fingerprint density at radius 3 is 2.93 bits per heavy atom. The molecule has 0 aliphatic carbocycles. The van der Waals surface area contributed by atoms with Crippen LogP contribution in [-0.2, 0) is 17.8 Å². The van der Waals surface area contributed by atoms with E-state index in [0.717, 1.165) is 30.1 Å². The average molecular weight is 398 g/mol. The fraction of sp³-hybridized carbons (Fsp3) is 0.350. The number of aromatic nitrogens is 2. The maximum atomic E-state index is 12.9. The summed E-state index contributed by atoms with van der Waals surface area (Å²) in [6, 6.07) is 7.83. The minimum absolute atomic E-state index is 0.103. The van der Waals surface area contributed by atoms with Gasteiger partial charge in [-0.3, -0.25) is 14.0 Å². The van der Waals surface area contributed by atoms with E-state index in [-0.39, 0.29) is 18.4 Å². The van der Waals surface area contributed by atoms with Gasteiger partial charge in [0, 0.05) is 31.2 Å². The maximum absolute atomic E-state index is 12.9. The van der Waals surface area contributed by atoms with Crippen molar-refractivity contribution >= 4 is 34.6 Å². The minimum atomic E-state index is -0.129.